The molecule has 0 bridgehead atoms. The van der Waals surface area contributed by atoms with Gasteiger partial charge in [0.2, 0.25) is 0 Å². The standard InChI is InChI=1S/C15H14N2O2/c16-8-11-3-1-4-12(7-11)9-17-10-13-5-2-6-14(18)15(13)19/h1-7,17-19H,9-10H2. The van der Waals surface area contributed by atoms with E-state index in [-0.39, 0.29) is 11.5 Å². The first-order valence-electron chi connectivity index (χ1n) is 5.90. The number of nitrogens with one attached hydrogen (secondary N) is 1. The third-order valence-corrected chi connectivity index (χ3v) is 2.80. The van der Waals surface area contributed by atoms with Crippen LogP contribution in [0.4, 0.5) is 0 Å². The highest BCUT2D eigenvalue weighted by Crippen LogP contribution is 2.27. The molecule has 0 saturated heterocycles. The molecule has 2 rings (SSSR count). The minimum absolute atomic E-state index is 0.0965. The van der Waals surface area contributed by atoms with E-state index in [1.165, 1.54) is 6.07 Å². The molecule has 0 aliphatic carbocycles. The van der Waals surface area contributed by atoms with Crippen LogP contribution in [-0.4, -0.2) is 10.2 Å². The van der Waals surface area contributed by atoms with Crippen LogP contribution < -0.4 is 5.32 Å². The SMILES string of the molecule is N#Cc1cccc(CNCc2cccc(O)c2O)c1. The number of para-hydroxylation sites is 1. The monoisotopic (exact) mass is 254 g/mol. The van der Waals surface area contributed by atoms with Crippen molar-refractivity contribution in [1.29, 1.82) is 5.26 Å². The summed E-state index contributed by atoms with van der Waals surface area (Å²) in [7, 11) is 0. The third-order valence-electron chi connectivity index (χ3n) is 2.80. The molecule has 0 radical (unpaired) electrons. The zero-order valence-electron chi connectivity index (χ0n) is 10.3. The summed E-state index contributed by atoms with van der Waals surface area (Å²) < 4.78 is 0. The van der Waals surface area contributed by atoms with Crippen LogP contribution in [0.1, 0.15) is 16.7 Å². The zero-order valence-corrected chi connectivity index (χ0v) is 10.3. The summed E-state index contributed by atoms with van der Waals surface area (Å²) in [4.78, 5) is 0. The first-order valence-corrected chi connectivity index (χ1v) is 5.90. The summed E-state index contributed by atoms with van der Waals surface area (Å²) in [6.45, 7) is 1.03. The van der Waals surface area contributed by atoms with Crippen LogP contribution in [0.25, 0.3) is 0 Å². The Hall–Kier alpha value is -2.51. The van der Waals surface area contributed by atoms with Gasteiger partial charge >= 0.3 is 0 Å². The van der Waals surface area contributed by atoms with E-state index in [0.29, 0.717) is 24.2 Å². The van der Waals surface area contributed by atoms with Crippen molar-refractivity contribution in [2.24, 2.45) is 0 Å². The molecule has 2 aromatic rings. The van der Waals surface area contributed by atoms with Gasteiger partial charge in [0, 0.05) is 18.7 Å². The Kier molecular flexibility index (Phi) is 4.01. The van der Waals surface area contributed by atoms with Crippen molar-refractivity contribution < 1.29 is 10.2 Å². The molecule has 0 fully saturated rings. The van der Waals surface area contributed by atoms with Crippen molar-refractivity contribution in [3.8, 4) is 17.6 Å². The lowest BCUT2D eigenvalue weighted by atomic mass is 10.1. The molecule has 0 unspecified atom stereocenters. The fourth-order valence-corrected chi connectivity index (χ4v) is 1.81. The molecule has 0 aromatic heterocycles. The summed E-state index contributed by atoms with van der Waals surface area (Å²) in [6.07, 6.45) is 0. The molecular formula is C15H14N2O2. The molecular weight excluding hydrogens is 240 g/mol. The van der Waals surface area contributed by atoms with Crippen LogP contribution in [0.15, 0.2) is 42.5 Å². The maximum absolute atomic E-state index is 9.64. The van der Waals surface area contributed by atoms with Gasteiger partial charge in [-0.25, -0.2) is 0 Å². The number of rotatable bonds is 4. The Bertz CT molecular complexity index is 618. The van der Waals surface area contributed by atoms with Crippen LogP contribution in [0.5, 0.6) is 11.5 Å². The highest BCUT2D eigenvalue weighted by atomic mass is 16.3. The van der Waals surface area contributed by atoms with Crippen LogP contribution in [0.3, 0.4) is 0 Å². The lowest BCUT2D eigenvalue weighted by Crippen LogP contribution is -2.12. The molecule has 0 aliphatic rings. The van der Waals surface area contributed by atoms with Crippen molar-refractivity contribution >= 4 is 0 Å². The predicted octanol–water partition coefficient (Wildman–Crippen LogP) is 2.26. The molecule has 2 aromatic carbocycles. The molecule has 0 aliphatic heterocycles. The van der Waals surface area contributed by atoms with Crippen LogP contribution in [-0.2, 0) is 13.1 Å². The molecule has 0 atom stereocenters. The van der Waals surface area contributed by atoms with Gasteiger partial charge in [0.05, 0.1) is 11.6 Å². The number of nitrogens with zero attached hydrogens (tertiary/aromatic N) is 1. The van der Waals surface area contributed by atoms with Gasteiger partial charge in [-0.2, -0.15) is 5.26 Å². The van der Waals surface area contributed by atoms with Crippen LogP contribution in [0, 0.1) is 11.3 Å². The van der Waals surface area contributed by atoms with E-state index in [0.717, 1.165) is 5.56 Å². The summed E-state index contributed by atoms with van der Waals surface area (Å²) in [6, 6.07) is 14.3. The summed E-state index contributed by atoms with van der Waals surface area (Å²) in [5.74, 6) is -0.216. The molecule has 0 heterocycles. The maximum Gasteiger partial charge on any atom is 0.161 e. The largest absolute Gasteiger partial charge is 0.504 e. The van der Waals surface area contributed by atoms with E-state index in [2.05, 4.69) is 11.4 Å². The van der Waals surface area contributed by atoms with Gasteiger partial charge in [0.1, 0.15) is 0 Å². The molecule has 3 N–H and O–H groups in total. The normalized spacial score (nSPS) is 10.1. The molecule has 0 saturated carbocycles. The highest BCUT2D eigenvalue weighted by molar-refractivity contribution is 5.44. The number of phenolic OH excluding ortho intramolecular Hbond substituents is 2. The highest BCUT2D eigenvalue weighted by Gasteiger charge is 2.05. The van der Waals surface area contributed by atoms with E-state index in [1.807, 2.05) is 18.2 Å². The van der Waals surface area contributed by atoms with Gasteiger partial charge in [-0.15, -0.1) is 0 Å². The fraction of sp³-hybridized carbons (Fsp3) is 0.133. The van der Waals surface area contributed by atoms with Crippen molar-refractivity contribution in [3.63, 3.8) is 0 Å². The topological polar surface area (TPSA) is 76.3 Å². The smallest absolute Gasteiger partial charge is 0.161 e. The second-order valence-electron chi connectivity index (χ2n) is 4.20. The first kappa shape index (κ1) is 12.9. The Labute approximate surface area is 111 Å². The molecule has 4 nitrogen and oxygen atoms in total. The van der Waals surface area contributed by atoms with E-state index >= 15 is 0 Å². The van der Waals surface area contributed by atoms with E-state index in [9.17, 15) is 10.2 Å². The number of benzene rings is 2. The van der Waals surface area contributed by atoms with Gasteiger partial charge in [0.25, 0.3) is 0 Å². The average Bonchev–Trinajstić information content (AvgIpc) is 2.44. The minimum Gasteiger partial charge on any atom is -0.504 e. The van der Waals surface area contributed by atoms with Crippen molar-refractivity contribution in [1.82, 2.24) is 5.32 Å². The molecule has 96 valence electrons. The molecule has 4 heteroatoms. The van der Waals surface area contributed by atoms with Crippen molar-refractivity contribution in [2.45, 2.75) is 13.1 Å². The second-order valence-corrected chi connectivity index (χ2v) is 4.20. The lowest BCUT2D eigenvalue weighted by molar-refractivity contribution is 0.397. The molecule has 0 spiro atoms. The minimum atomic E-state index is -0.120. The average molecular weight is 254 g/mol. The Morgan fingerprint density at radius 2 is 1.84 bits per heavy atom. The van der Waals surface area contributed by atoms with Gasteiger partial charge in [0.15, 0.2) is 11.5 Å². The quantitative estimate of drug-likeness (QED) is 0.731. The van der Waals surface area contributed by atoms with E-state index in [4.69, 9.17) is 5.26 Å². The number of phenols is 2. The number of nitriles is 1. The van der Waals surface area contributed by atoms with E-state index < -0.39 is 0 Å². The Morgan fingerprint density at radius 1 is 1.05 bits per heavy atom. The van der Waals surface area contributed by atoms with Gasteiger partial charge < -0.3 is 15.5 Å². The summed E-state index contributed by atoms with van der Waals surface area (Å²) in [5, 5.41) is 31.0. The van der Waals surface area contributed by atoms with Crippen molar-refractivity contribution in [3.05, 3.63) is 59.2 Å². The fourth-order valence-electron chi connectivity index (χ4n) is 1.81. The molecule has 0 amide bonds. The van der Waals surface area contributed by atoms with Gasteiger partial charge in [-0.3, -0.25) is 0 Å². The Balaban J connectivity index is 1.96. The first-order chi connectivity index (χ1) is 9.20. The zero-order chi connectivity index (χ0) is 13.7. The number of hydrogen-bond donors (Lipinski definition) is 3. The van der Waals surface area contributed by atoms with Crippen LogP contribution >= 0.6 is 0 Å². The second kappa shape index (κ2) is 5.89. The lowest BCUT2D eigenvalue weighted by Gasteiger charge is -2.08. The number of aromatic hydroxyl groups is 2. The van der Waals surface area contributed by atoms with E-state index in [1.54, 1.807) is 18.2 Å². The molecule has 19 heavy (non-hydrogen) atoms. The predicted molar refractivity (Wildman–Crippen MR) is 71.5 cm³/mol. The van der Waals surface area contributed by atoms with Crippen molar-refractivity contribution in [2.75, 3.05) is 0 Å². The third kappa shape index (κ3) is 3.24. The summed E-state index contributed by atoms with van der Waals surface area (Å²) >= 11 is 0. The Morgan fingerprint density at radius 3 is 2.63 bits per heavy atom. The number of hydrogen-bond acceptors (Lipinski definition) is 4. The van der Waals surface area contributed by atoms with Gasteiger partial charge in [-0.05, 0) is 23.8 Å². The van der Waals surface area contributed by atoms with Crippen LogP contribution in [0.2, 0.25) is 0 Å². The summed E-state index contributed by atoms with van der Waals surface area (Å²) in [5.41, 5.74) is 2.26. The maximum atomic E-state index is 9.64. The van der Waals surface area contributed by atoms with Gasteiger partial charge in [-0.1, -0.05) is 24.3 Å².